The van der Waals surface area contributed by atoms with Crippen molar-refractivity contribution in [3.8, 4) is 0 Å². The summed E-state index contributed by atoms with van der Waals surface area (Å²) in [5.74, 6) is 0. The monoisotopic (exact) mass is 230 g/mol. The van der Waals surface area contributed by atoms with E-state index in [0.717, 1.165) is 5.69 Å². The van der Waals surface area contributed by atoms with Crippen molar-refractivity contribution in [2.75, 3.05) is 0 Å². The van der Waals surface area contributed by atoms with Gasteiger partial charge in [-0.05, 0) is 26.0 Å². The highest BCUT2D eigenvalue weighted by Gasteiger charge is 2.36. The van der Waals surface area contributed by atoms with E-state index in [2.05, 4.69) is 10.3 Å². The van der Waals surface area contributed by atoms with Crippen LogP contribution in [0.3, 0.4) is 0 Å². The molecule has 3 N–H and O–H groups in total. The number of nitrogens with one attached hydrogen (secondary N) is 1. The molecule has 0 atom stereocenters. The smallest absolute Gasteiger partial charge is 0.323 e. The Hall–Kier alpha value is -0.740. The number of hydrogen-bond acceptors (Lipinski definition) is 3. The fourth-order valence-electron chi connectivity index (χ4n) is 0.913. The fourth-order valence-corrected chi connectivity index (χ4v) is 1.20. The second-order valence-corrected chi connectivity index (χ2v) is 5.98. The minimum atomic E-state index is -4.14. The summed E-state index contributed by atoms with van der Waals surface area (Å²) in [7, 11) is -4.14. The van der Waals surface area contributed by atoms with Crippen LogP contribution in [0.1, 0.15) is 19.5 Å². The van der Waals surface area contributed by atoms with E-state index in [4.69, 9.17) is 9.79 Å². The van der Waals surface area contributed by atoms with Crippen LogP contribution in [0.4, 0.5) is 0 Å². The first-order chi connectivity index (χ1) is 6.83. The Morgan fingerprint density at radius 3 is 2.60 bits per heavy atom. The highest BCUT2D eigenvalue weighted by molar-refractivity contribution is 7.53. The van der Waals surface area contributed by atoms with Gasteiger partial charge in [-0.25, -0.2) is 0 Å². The molecule has 5 nitrogen and oxygen atoms in total. The molecule has 1 heterocycles. The van der Waals surface area contributed by atoms with Crippen molar-refractivity contribution in [2.45, 2.75) is 25.7 Å². The average molecular weight is 230 g/mol. The largest absolute Gasteiger partial charge is 0.344 e. The van der Waals surface area contributed by atoms with Gasteiger partial charge in [0.25, 0.3) is 0 Å². The Balaban J connectivity index is 2.62. The van der Waals surface area contributed by atoms with Crippen molar-refractivity contribution in [1.82, 2.24) is 10.3 Å². The minimum Gasteiger partial charge on any atom is -0.323 e. The SMILES string of the molecule is CC(C)(NCc1ccccn1)P(=O)(O)O. The topological polar surface area (TPSA) is 82.5 Å². The van der Waals surface area contributed by atoms with Gasteiger partial charge in [0.1, 0.15) is 5.28 Å². The lowest BCUT2D eigenvalue weighted by Crippen LogP contribution is -2.38. The van der Waals surface area contributed by atoms with Gasteiger partial charge in [-0.1, -0.05) is 6.07 Å². The third kappa shape index (κ3) is 3.39. The number of rotatable bonds is 4. The second-order valence-electron chi connectivity index (χ2n) is 3.78. The van der Waals surface area contributed by atoms with Crippen molar-refractivity contribution < 1.29 is 14.4 Å². The maximum atomic E-state index is 11.1. The van der Waals surface area contributed by atoms with Crippen molar-refractivity contribution in [1.29, 1.82) is 0 Å². The van der Waals surface area contributed by atoms with Crippen LogP contribution in [0.2, 0.25) is 0 Å². The predicted octanol–water partition coefficient (Wildman–Crippen LogP) is 1.08. The molecule has 1 aromatic rings. The zero-order valence-electron chi connectivity index (χ0n) is 8.71. The molecular formula is C9H15N2O3P. The van der Waals surface area contributed by atoms with Crippen LogP contribution in [0.25, 0.3) is 0 Å². The molecule has 0 spiro atoms. The summed E-state index contributed by atoms with van der Waals surface area (Å²) < 4.78 is 11.1. The third-order valence-corrected chi connectivity index (χ3v) is 3.77. The molecule has 84 valence electrons. The maximum Gasteiger partial charge on any atom is 0.344 e. The Morgan fingerprint density at radius 1 is 1.47 bits per heavy atom. The molecule has 0 fully saturated rings. The molecule has 1 rings (SSSR count). The van der Waals surface area contributed by atoms with Gasteiger partial charge >= 0.3 is 7.60 Å². The van der Waals surface area contributed by atoms with Crippen LogP contribution in [0.5, 0.6) is 0 Å². The van der Waals surface area contributed by atoms with E-state index in [0.29, 0.717) is 6.54 Å². The van der Waals surface area contributed by atoms with E-state index in [1.165, 1.54) is 13.8 Å². The van der Waals surface area contributed by atoms with Crippen LogP contribution in [-0.2, 0) is 11.1 Å². The van der Waals surface area contributed by atoms with Crippen LogP contribution < -0.4 is 5.32 Å². The molecule has 0 amide bonds. The first-order valence-corrected chi connectivity index (χ1v) is 6.15. The van der Waals surface area contributed by atoms with Crippen LogP contribution in [0, 0.1) is 0 Å². The van der Waals surface area contributed by atoms with Crippen molar-refractivity contribution in [3.05, 3.63) is 30.1 Å². The number of pyridine rings is 1. The van der Waals surface area contributed by atoms with Gasteiger partial charge in [-0.3, -0.25) is 14.9 Å². The molecule has 0 aromatic carbocycles. The summed E-state index contributed by atoms with van der Waals surface area (Å²) in [6.07, 6.45) is 1.64. The lowest BCUT2D eigenvalue weighted by Gasteiger charge is -2.26. The zero-order chi connectivity index (χ0) is 11.5. The zero-order valence-corrected chi connectivity index (χ0v) is 9.61. The Morgan fingerprint density at radius 2 is 2.13 bits per heavy atom. The lowest BCUT2D eigenvalue weighted by atomic mass is 10.3. The molecule has 1 aromatic heterocycles. The van der Waals surface area contributed by atoms with Gasteiger partial charge in [0.05, 0.1) is 5.69 Å². The van der Waals surface area contributed by atoms with Gasteiger partial charge < -0.3 is 9.79 Å². The first kappa shape index (κ1) is 12.3. The second kappa shape index (κ2) is 4.41. The summed E-state index contributed by atoms with van der Waals surface area (Å²) in [6, 6.07) is 5.41. The van der Waals surface area contributed by atoms with Gasteiger partial charge in [0, 0.05) is 12.7 Å². The van der Waals surface area contributed by atoms with E-state index < -0.39 is 12.9 Å². The summed E-state index contributed by atoms with van der Waals surface area (Å²) in [5, 5.41) is 1.56. The van der Waals surface area contributed by atoms with E-state index in [-0.39, 0.29) is 0 Å². The normalized spacial score (nSPS) is 12.8. The summed E-state index contributed by atoms with van der Waals surface area (Å²) >= 11 is 0. The average Bonchev–Trinajstić information content (AvgIpc) is 2.15. The molecule has 0 saturated heterocycles. The van der Waals surface area contributed by atoms with E-state index >= 15 is 0 Å². The first-order valence-electron chi connectivity index (χ1n) is 4.53. The van der Waals surface area contributed by atoms with Crippen LogP contribution in [0.15, 0.2) is 24.4 Å². The van der Waals surface area contributed by atoms with E-state index in [9.17, 15) is 4.57 Å². The molecule has 0 saturated carbocycles. The van der Waals surface area contributed by atoms with E-state index in [1.807, 2.05) is 6.07 Å². The molecule has 0 radical (unpaired) electrons. The fraction of sp³-hybridized carbons (Fsp3) is 0.444. The Kier molecular flexibility index (Phi) is 3.62. The molecule has 6 heteroatoms. The molecule has 0 aliphatic carbocycles. The maximum absolute atomic E-state index is 11.1. The molecule has 0 aliphatic heterocycles. The van der Waals surface area contributed by atoms with Crippen LogP contribution in [-0.4, -0.2) is 20.1 Å². The Bertz CT molecular complexity index is 361. The lowest BCUT2D eigenvalue weighted by molar-refractivity contribution is 0.314. The molecule has 0 aliphatic rings. The summed E-state index contributed by atoms with van der Waals surface area (Å²) in [6.45, 7) is 3.27. The highest BCUT2D eigenvalue weighted by Crippen LogP contribution is 2.48. The Labute approximate surface area is 88.7 Å². The van der Waals surface area contributed by atoms with Crippen LogP contribution >= 0.6 is 7.60 Å². The standard InChI is InChI=1S/C9H15N2O3P/c1-9(2,15(12,13)14)11-7-8-5-3-4-6-10-8/h3-6,11H,7H2,1-2H3,(H2,12,13,14). The summed E-state index contributed by atoms with van der Waals surface area (Å²) in [4.78, 5) is 22.2. The third-order valence-electron chi connectivity index (χ3n) is 2.16. The number of nitrogens with zero attached hydrogens (tertiary/aromatic N) is 1. The summed E-state index contributed by atoms with van der Waals surface area (Å²) in [5.41, 5.74) is 0.749. The van der Waals surface area contributed by atoms with Gasteiger partial charge in [0.2, 0.25) is 0 Å². The molecule has 0 unspecified atom stereocenters. The number of aromatic nitrogens is 1. The highest BCUT2D eigenvalue weighted by atomic mass is 31.2. The van der Waals surface area contributed by atoms with Crippen molar-refractivity contribution in [3.63, 3.8) is 0 Å². The molecule has 15 heavy (non-hydrogen) atoms. The molecule has 0 bridgehead atoms. The van der Waals surface area contributed by atoms with Gasteiger partial charge in [-0.2, -0.15) is 0 Å². The van der Waals surface area contributed by atoms with Gasteiger partial charge in [-0.15, -0.1) is 0 Å². The van der Waals surface area contributed by atoms with Gasteiger partial charge in [0.15, 0.2) is 0 Å². The predicted molar refractivity (Wildman–Crippen MR) is 57.2 cm³/mol. The number of hydrogen-bond donors (Lipinski definition) is 3. The molecular weight excluding hydrogens is 215 g/mol. The quantitative estimate of drug-likeness (QED) is 0.674. The van der Waals surface area contributed by atoms with E-state index in [1.54, 1.807) is 18.3 Å². The van der Waals surface area contributed by atoms with Crippen molar-refractivity contribution >= 4 is 7.60 Å². The van der Waals surface area contributed by atoms with Crippen molar-refractivity contribution in [2.24, 2.45) is 0 Å². The minimum absolute atomic E-state index is 0.332.